The summed E-state index contributed by atoms with van der Waals surface area (Å²) in [4.78, 5) is 0.820. The Morgan fingerprint density at radius 1 is 1.39 bits per heavy atom. The van der Waals surface area contributed by atoms with Crippen molar-refractivity contribution in [3.05, 3.63) is 21.3 Å². The van der Waals surface area contributed by atoms with Gasteiger partial charge in [0.1, 0.15) is 0 Å². The number of hydrogen-bond acceptors (Lipinski definition) is 7. The quantitative estimate of drug-likeness (QED) is 0.894. The van der Waals surface area contributed by atoms with Crippen molar-refractivity contribution >= 4 is 49.4 Å². The Balaban J connectivity index is 2.18. The van der Waals surface area contributed by atoms with Gasteiger partial charge in [-0.15, -0.1) is 21.5 Å². The number of anilines is 1. The average molecular weight is 325 g/mol. The number of aromatic nitrogens is 2. The Hall–Kier alpha value is -0.740. The highest BCUT2D eigenvalue weighted by Gasteiger charge is 2.23. The van der Waals surface area contributed by atoms with Crippen molar-refractivity contribution in [1.82, 2.24) is 14.9 Å². The summed E-state index contributed by atoms with van der Waals surface area (Å²) in [6, 6.07) is 3.10. The number of halogens is 1. The maximum Gasteiger partial charge on any atom is 0.270 e. The van der Waals surface area contributed by atoms with Crippen LogP contribution in [0.4, 0.5) is 5.13 Å². The van der Waals surface area contributed by atoms with Gasteiger partial charge in [0.25, 0.3) is 10.0 Å². The van der Waals surface area contributed by atoms with E-state index in [-0.39, 0.29) is 9.47 Å². The molecule has 0 aromatic carbocycles. The van der Waals surface area contributed by atoms with Crippen LogP contribution < -0.4 is 10.5 Å². The van der Waals surface area contributed by atoms with Gasteiger partial charge in [-0.1, -0.05) is 22.9 Å². The van der Waals surface area contributed by atoms with Gasteiger partial charge in [-0.3, -0.25) is 0 Å². The molecule has 3 N–H and O–H groups in total. The maximum absolute atomic E-state index is 11.9. The highest BCUT2D eigenvalue weighted by molar-refractivity contribution is 7.91. The molecule has 0 radical (unpaired) electrons. The Morgan fingerprint density at radius 3 is 2.61 bits per heavy atom. The van der Waals surface area contributed by atoms with Crippen LogP contribution >= 0.6 is 34.3 Å². The fourth-order valence-corrected chi connectivity index (χ4v) is 4.39. The van der Waals surface area contributed by atoms with Crippen LogP contribution in [0.15, 0.2) is 16.5 Å². The van der Waals surface area contributed by atoms with Crippen LogP contribution in [0.1, 0.15) is 17.8 Å². The molecular formula is C8H9ClN4O2S3. The second kappa shape index (κ2) is 5.10. The van der Waals surface area contributed by atoms with Gasteiger partial charge < -0.3 is 5.73 Å². The van der Waals surface area contributed by atoms with Crippen molar-refractivity contribution in [1.29, 1.82) is 0 Å². The van der Waals surface area contributed by atoms with E-state index in [0.717, 1.165) is 16.2 Å². The number of nitrogens with two attached hydrogens (primary N) is 1. The molecule has 6 nitrogen and oxygen atoms in total. The zero-order valence-corrected chi connectivity index (χ0v) is 12.3. The summed E-state index contributed by atoms with van der Waals surface area (Å²) in [5.74, 6) is 0. The summed E-state index contributed by atoms with van der Waals surface area (Å²) in [6.45, 7) is 1.73. The molecule has 2 aromatic heterocycles. The maximum atomic E-state index is 11.9. The molecule has 98 valence electrons. The largest absolute Gasteiger partial charge is 0.374 e. The van der Waals surface area contributed by atoms with Gasteiger partial charge in [-0.25, -0.2) is 13.1 Å². The molecule has 10 heteroatoms. The van der Waals surface area contributed by atoms with E-state index in [9.17, 15) is 8.42 Å². The van der Waals surface area contributed by atoms with E-state index in [1.165, 1.54) is 11.3 Å². The van der Waals surface area contributed by atoms with E-state index in [0.29, 0.717) is 4.34 Å². The molecule has 0 aliphatic carbocycles. The predicted octanol–water partition coefficient (Wildman–Crippen LogP) is 1.87. The summed E-state index contributed by atoms with van der Waals surface area (Å²) >= 11 is 7.94. The molecular weight excluding hydrogens is 316 g/mol. The first-order valence-electron chi connectivity index (χ1n) is 4.75. The van der Waals surface area contributed by atoms with Crippen molar-refractivity contribution in [2.24, 2.45) is 0 Å². The lowest BCUT2D eigenvalue weighted by molar-refractivity contribution is 0.566. The van der Waals surface area contributed by atoms with Crippen molar-refractivity contribution in [3.8, 4) is 0 Å². The third-order valence-corrected chi connectivity index (χ3v) is 6.08. The third-order valence-electron chi connectivity index (χ3n) is 2.00. The Kier molecular flexibility index (Phi) is 3.87. The first-order valence-corrected chi connectivity index (χ1v) is 8.24. The molecule has 1 unspecified atom stereocenters. The molecule has 0 saturated heterocycles. The Morgan fingerprint density at radius 2 is 2.11 bits per heavy atom. The molecule has 0 amide bonds. The van der Waals surface area contributed by atoms with Gasteiger partial charge in [-0.2, -0.15) is 0 Å². The highest BCUT2D eigenvalue weighted by atomic mass is 35.5. The lowest BCUT2D eigenvalue weighted by Gasteiger charge is -2.10. The van der Waals surface area contributed by atoms with Crippen LogP contribution in [-0.2, 0) is 10.0 Å². The summed E-state index contributed by atoms with van der Waals surface area (Å²) in [7, 11) is -3.70. The van der Waals surface area contributed by atoms with Crippen LogP contribution in [0.3, 0.4) is 0 Å². The van der Waals surface area contributed by atoms with E-state index in [2.05, 4.69) is 14.9 Å². The lowest BCUT2D eigenvalue weighted by Crippen LogP contribution is -2.26. The van der Waals surface area contributed by atoms with Gasteiger partial charge in [0, 0.05) is 4.88 Å². The van der Waals surface area contributed by atoms with Gasteiger partial charge in [0.15, 0.2) is 0 Å². The highest BCUT2D eigenvalue weighted by Crippen LogP contribution is 2.28. The lowest BCUT2D eigenvalue weighted by atomic mass is 10.3. The SMILES string of the molecule is CC(NS(=O)(=O)c1nnc(N)s1)c1ccc(Cl)s1. The molecule has 2 aromatic rings. The summed E-state index contributed by atoms with van der Waals surface area (Å²) in [5, 5.41) is 7.10. The fraction of sp³-hybridized carbons (Fsp3) is 0.250. The van der Waals surface area contributed by atoms with Crippen LogP contribution in [0.2, 0.25) is 4.34 Å². The van der Waals surface area contributed by atoms with Crippen molar-refractivity contribution < 1.29 is 8.42 Å². The van der Waals surface area contributed by atoms with E-state index in [1.807, 2.05) is 0 Å². The molecule has 2 rings (SSSR count). The van der Waals surface area contributed by atoms with E-state index < -0.39 is 16.1 Å². The van der Waals surface area contributed by atoms with Gasteiger partial charge >= 0.3 is 0 Å². The number of nitrogens with one attached hydrogen (secondary N) is 1. The normalized spacial score (nSPS) is 13.7. The van der Waals surface area contributed by atoms with Crippen LogP contribution in [0.25, 0.3) is 0 Å². The average Bonchev–Trinajstić information content (AvgIpc) is 2.86. The monoisotopic (exact) mass is 324 g/mol. The molecule has 1 atom stereocenters. The minimum Gasteiger partial charge on any atom is -0.374 e. The van der Waals surface area contributed by atoms with Gasteiger partial charge in [0.2, 0.25) is 9.47 Å². The predicted molar refractivity (Wildman–Crippen MR) is 72.4 cm³/mol. The first kappa shape index (κ1) is 13.7. The molecule has 0 bridgehead atoms. The van der Waals surface area contributed by atoms with Crippen LogP contribution in [-0.4, -0.2) is 18.6 Å². The van der Waals surface area contributed by atoms with Crippen molar-refractivity contribution in [3.63, 3.8) is 0 Å². The second-order valence-corrected chi connectivity index (χ2v) is 8.03. The molecule has 2 heterocycles. The molecule has 0 aliphatic rings. The molecule has 0 saturated carbocycles. The Labute approximate surface area is 117 Å². The van der Waals surface area contributed by atoms with E-state index >= 15 is 0 Å². The Bertz CT molecular complexity index is 651. The van der Waals surface area contributed by atoms with Crippen molar-refractivity contribution in [2.75, 3.05) is 5.73 Å². The second-order valence-electron chi connectivity index (χ2n) is 3.39. The molecule has 0 aliphatic heterocycles. The minimum absolute atomic E-state index is 0.113. The number of sulfonamides is 1. The number of nitrogens with zero attached hydrogens (tertiary/aromatic N) is 2. The van der Waals surface area contributed by atoms with E-state index in [4.69, 9.17) is 17.3 Å². The number of hydrogen-bond donors (Lipinski definition) is 2. The molecule has 0 fully saturated rings. The molecule has 18 heavy (non-hydrogen) atoms. The van der Waals surface area contributed by atoms with Crippen LogP contribution in [0.5, 0.6) is 0 Å². The third kappa shape index (κ3) is 2.98. The summed E-state index contributed by atoms with van der Waals surface area (Å²) in [6.07, 6.45) is 0. The minimum atomic E-state index is -3.70. The number of nitrogen functional groups attached to an aromatic ring is 1. The zero-order chi connectivity index (χ0) is 13.3. The van der Waals surface area contributed by atoms with Crippen LogP contribution in [0, 0.1) is 0 Å². The summed E-state index contributed by atoms with van der Waals surface area (Å²) in [5.41, 5.74) is 5.36. The summed E-state index contributed by atoms with van der Waals surface area (Å²) < 4.78 is 26.9. The van der Waals surface area contributed by atoms with Gasteiger partial charge in [0.05, 0.1) is 10.4 Å². The smallest absolute Gasteiger partial charge is 0.270 e. The fourth-order valence-electron chi connectivity index (χ4n) is 1.23. The van der Waals surface area contributed by atoms with E-state index in [1.54, 1.807) is 19.1 Å². The topological polar surface area (TPSA) is 98.0 Å². The standard InChI is InChI=1S/C8H9ClN4O2S3/c1-4(5-2-3-6(9)16-5)13-18(14,15)8-12-11-7(10)17-8/h2-4,13H,1H3,(H2,10,11). The van der Waals surface area contributed by atoms with Crippen molar-refractivity contribution in [2.45, 2.75) is 17.3 Å². The first-order chi connectivity index (χ1) is 8.38. The number of thiophene rings is 1. The molecule has 0 spiro atoms. The van der Waals surface area contributed by atoms with Gasteiger partial charge in [-0.05, 0) is 19.1 Å². The number of rotatable bonds is 4. The zero-order valence-electron chi connectivity index (χ0n) is 9.12.